The largest absolute Gasteiger partial charge is 0.756 e. The molecule has 0 aromatic heterocycles. The second-order valence-electron chi connectivity index (χ2n) is 11.8. The number of phosphoric acid groups is 1. The summed E-state index contributed by atoms with van der Waals surface area (Å²) in [6.07, 6.45) is 19.3. The molecule has 0 saturated carbocycles. The molecule has 0 aromatic rings. The predicted molar refractivity (Wildman–Crippen MR) is 159 cm³/mol. The van der Waals surface area contributed by atoms with Crippen molar-refractivity contribution in [2.45, 2.75) is 122 Å². The Kier molecular flexibility index (Phi) is 25.8. The molecule has 0 bridgehead atoms. The summed E-state index contributed by atoms with van der Waals surface area (Å²) in [4.78, 5) is 23.4. The minimum absolute atomic E-state index is 0.0545. The molecule has 0 heterocycles. The van der Waals surface area contributed by atoms with Gasteiger partial charge in [-0.2, -0.15) is 0 Å². The molecule has 1 unspecified atom stereocenters. The Balaban J connectivity index is 4.07. The number of methoxy groups -OCH3 is 1. The van der Waals surface area contributed by atoms with Crippen molar-refractivity contribution in [1.29, 1.82) is 0 Å². The van der Waals surface area contributed by atoms with Gasteiger partial charge in [-0.05, 0) is 19.3 Å². The average molecular weight is 596 g/mol. The van der Waals surface area contributed by atoms with Gasteiger partial charge in [-0.1, -0.05) is 90.4 Å². The molecule has 0 amide bonds. The van der Waals surface area contributed by atoms with E-state index in [4.69, 9.17) is 18.5 Å². The van der Waals surface area contributed by atoms with Crippen molar-refractivity contribution < 1.29 is 42.0 Å². The summed E-state index contributed by atoms with van der Waals surface area (Å²) < 4.78 is 39.1. The van der Waals surface area contributed by atoms with Gasteiger partial charge in [-0.25, -0.2) is 0 Å². The number of nitrogens with zero attached hydrogens (tertiary/aromatic N) is 1. The first-order valence-corrected chi connectivity index (χ1v) is 17.2. The molecular formula is C30H62NO8P. The van der Waals surface area contributed by atoms with E-state index in [0.29, 0.717) is 43.5 Å². The smallest absolute Gasteiger partial charge is 0.305 e. The maximum atomic E-state index is 12.2. The highest BCUT2D eigenvalue weighted by Crippen LogP contribution is 2.38. The zero-order valence-electron chi connectivity index (χ0n) is 26.5. The van der Waals surface area contributed by atoms with Crippen LogP contribution in [0.5, 0.6) is 0 Å². The molecule has 0 aliphatic rings. The SMILES string of the molecule is CCCCCCCCCCCCCCCCOC[C@H](COP(=O)([O-])OCC[N+](C)(C)C)OCCCCC(=O)OC. The van der Waals surface area contributed by atoms with Crippen LogP contribution in [0.1, 0.15) is 116 Å². The molecule has 0 aromatic carbocycles. The first-order valence-electron chi connectivity index (χ1n) is 15.8. The molecule has 0 radical (unpaired) electrons. The lowest BCUT2D eigenvalue weighted by atomic mass is 10.0. The molecule has 0 aliphatic heterocycles. The lowest BCUT2D eigenvalue weighted by Crippen LogP contribution is -2.37. The third-order valence-corrected chi connectivity index (χ3v) is 7.70. The van der Waals surface area contributed by atoms with Crippen LogP contribution in [0.4, 0.5) is 0 Å². The van der Waals surface area contributed by atoms with Crippen LogP contribution in [-0.4, -0.2) is 84.4 Å². The van der Waals surface area contributed by atoms with Crippen molar-refractivity contribution >= 4 is 13.8 Å². The number of esters is 1. The number of likely N-dealkylation sites (N-methyl/N-ethyl adjacent to an activating group) is 1. The number of unbranched alkanes of at least 4 members (excludes halogenated alkanes) is 14. The molecular weight excluding hydrogens is 533 g/mol. The maximum Gasteiger partial charge on any atom is 0.305 e. The van der Waals surface area contributed by atoms with E-state index in [0.717, 1.165) is 12.8 Å². The number of hydrogen-bond acceptors (Lipinski definition) is 8. The van der Waals surface area contributed by atoms with E-state index in [1.54, 1.807) is 0 Å². The molecule has 0 rings (SSSR count). The summed E-state index contributed by atoms with van der Waals surface area (Å²) in [5.74, 6) is -0.255. The standard InChI is InChI=1S/C30H62NO8P/c1-6-7-8-9-10-11-12-13-14-15-16-17-18-20-24-36-27-29(37-25-21-19-22-30(32)35-5)28-39-40(33,34)38-26-23-31(2,3)4/h29H,6-28H2,1-5H3/t29-/m1/s1. The minimum atomic E-state index is -4.43. The molecule has 40 heavy (non-hydrogen) atoms. The third kappa shape index (κ3) is 29.0. The van der Waals surface area contributed by atoms with Crippen molar-refractivity contribution in [2.75, 3.05) is 67.8 Å². The normalized spacial score (nSPS) is 14.2. The van der Waals surface area contributed by atoms with E-state index in [-0.39, 0.29) is 25.8 Å². The van der Waals surface area contributed by atoms with Crippen molar-refractivity contribution in [3.8, 4) is 0 Å². The number of hydrogen-bond donors (Lipinski definition) is 0. The van der Waals surface area contributed by atoms with Crippen molar-refractivity contribution in [3.05, 3.63) is 0 Å². The predicted octanol–water partition coefficient (Wildman–Crippen LogP) is 6.42. The molecule has 9 nitrogen and oxygen atoms in total. The molecule has 10 heteroatoms. The highest BCUT2D eigenvalue weighted by Gasteiger charge is 2.18. The van der Waals surface area contributed by atoms with Crippen LogP contribution in [-0.2, 0) is 32.6 Å². The highest BCUT2D eigenvalue weighted by molar-refractivity contribution is 7.45. The first kappa shape index (κ1) is 39.5. The van der Waals surface area contributed by atoms with Gasteiger partial charge in [0.05, 0.1) is 41.5 Å². The number of phosphoric ester groups is 1. The van der Waals surface area contributed by atoms with Crippen LogP contribution in [0.3, 0.4) is 0 Å². The van der Waals surface area contributed by atoms with Crippen molar-refractivity contribution in [3.63, 3.8) is 0 Å². The van der Waals surface area contributed by atoms with Gasteiger partial charge in [0.25, 0.3) is 7.82 Å². The third-order valence-electron chi connectivity index (χ3n) is 6.73. The molecule has 0 saturated heterocycles. The van der Waals surface area contributed by atoms with Gasteiger partial charge in [-0.3, -0.25) is 9.36 Å². The number of ether oxygens (including phenoxy) is 3. The molecule has 0 N–H and O–H groups in total. The Morgan fingerprint density at radius 1 is 0.725 bits per heavy atom. The molecule has 0 fully saturated rings. The van der Waals surface area contributed by atoms with Gasteiger partial charge < -0.3 is 32.6 Å². The van der Waals surface area contributed by atoms with Crippen LogP contribution in [0.25, 0.3) is 0 Å². The quantitative estimate of drug-likeness (QED) is 0.0406. The number of rotatable bonds is 30. The summed E-state index contributed by atoms with van der Waals surface area (Å²) in [7, 11) is 2.81. The summed E-state index contributed by atoms with van der Waals surface area (Å²) in [5, 5.41) is 0. The van der Waals surface area contributed by atoms with Gasteiger partial charge in [-0.15, -0.1) is 0 Å². The average Bonchev–Trinajstić information content (AvgIpc) is 2.89. The lowest BCUT2D eigenvalue weighted by molar-refractivity contribution is -0.870. The molecule has 0 spiro atoms. The van der Waals surface area contributed by atoms with Crippen LogP contribution < -0.4 is 4.89 Å². The van der Waals surface area contributed by atoms with Gasteiger partial charge in [0.15, 0.2) is 0 Å². The Labute approximate surface area is 245 Å². The maximum absolute atomic E-state index is 12.2. The van der Waals surface area contributed by atoms with Crippen LogP contribution in [0, 0.1) is 0 Å². The highest BCUT2D eigenvalue weighted by atomic mass is 31.2. The summed E-state index contributed by atoms with van der Waals surface area (Å²) in [6.45, 7) is 3.92. The van der Waals surface area contributed by atoms with Gasteiger partial charge in [0.2, 0.25) is 0 Å². The first-order chi connectivity index (χ1) is 19.1. The van der Waals surface area contributed by atoms with Crippen LogP contribution in [0.2, 0.25) is 0 Å². The molecule has 240 valence electrons. The minimum Gasteiger partial charge on any atom is -0.756 e. The second-order valence-corrected chi connectivity index (χ2v) is 13.2. The van der Waals surface area contributed by atoms with Crippen LogP contribution in [0.15, 0.2) is 0 Å². The monoisotopic (exact) mass is 595 g/mol. The van der Waals surface area contributed by atoms with E-state index < -0.39 is 13.9 Å². The topological polar surface area (TPSA) is 103 Å². The van der Waals surface area contributed by atoms with E-state index in [9.17, 15) is 14.3 Å². The summed E-state index contributed by atoms with van der Waals surface area (Å²) in [5.41, 5.74) is 0. The van der Waals surface area contributed by atoms with E-state index >= 15 is 0 Å². The van der Waals surface area contributed by atoms with Gasteiger partial charge in [0, 0.05) is 19.6 Å². The number of carbonyl (C=O) groups is 1. The summed E-state index contributed by atoms with van der Waals surface area (Å²) in [6, 6.07) is 0. The van der Waals surface area contributed by atoms with E-state index in [1.807, 2.05) is 21.1 Å². The summed E-state index contributed by atoms with van der Waals surface area (Å²) >= 11 is 0. The van der Waals surface area contributed by atoms with Gasteiger partial charge in [0.1, 0.15) is 19.3 Å². The molecule has 0 aliphatic carbocycles. The van der Waals surface area contributed by atoms with Crippen LogP contribution >= 0.6 is 7.82 Å². The zero-order chi connectivity index (χ0) is 30.0. The fraction of sp³-hybridized carbons (Fsp3) is 0.967. The number of carbonyl (C=O) groups excluding carboxylic acids is 1. The van der Waals surface area contributed by atoms with Gasteiger partial charge >= 0.3 is 5.97 Å². The fourth-order valence-corrected chi connectivity index (χ4v) is 4.85. The zero-order valence-corrected chi connectivity index (χ0v) is 27.4. The Hall–Kier alpha value is -0.540. The van der Waals surface area contributed by atoms with Crippen molar-refractivity contribution in [1.82, 2.24) is 0 Å². The Morgan fingerprint density at radius 3 is 1.77 bits per heavy atom. The van der Waals surface area contributed by atoms with E-state index in [2.05, 4.69) is 11.7 Å². The Morgan fingerprint density at radius 2 is 1.25 bits per heavy atom. The fourth-order valence-electron chi connectivity index (χ4n) is 4.12. The molecule has 2 atom stereocenters. The Bertz CT molecular complexity index is 629. The van der Waals surface area contributed by atoms with Crippen molar-refractivity contribution in [2.24, 2.45) is 0 Å². The van der Waals surface area contributed by atoms with E-state index in [1.165, 1.54) is 84.2 Å². The lowest BCUT2D eigenvalue weighted by Gasteiger charge is -2.28. The number of quaternary nitrogens is 1. The second kappa shape index (κ2) is 26.1.